The van der Waals surface area contributed by atoms with Crippen LogP contribution < -0.4 is 5.32 Å². The van der Waals surface area contributed by atoms with Gasteiger partial charge in [-0.15, -0.1) is 0 Å². The minimum atomic E-state index is 0.716. The summed E-state index contributed by atoms with van der Waals surface area (Å²) in [5, 5.41) is 4.73. The molecule has 0 aliphatic rings. The molecular weight excluding hydrogens is 321 g/mol. The van der Waals surface area contributed by atoms with Crippen molar-refractivity contribution in [2.75, 3.05) is 5.32 Å². The van der Waals surface area contributed by atoms with E-state index in [1.54, 1.807) is 0 Å². The van der Waals surface area contributed by atoms with Crippen LogP contribution in [0.3, 0.4) is 0 Å². The Kier molecular flexibility index (Phi) is 4.32. The summed E-state index contributed by atoms with van der Waals surface area (Å²) in [7, 11) is 0. The van der Waals surface area contributed by atoms with Crippen molar-refractivity contribution in [3.05, 3.63) is 62.5 Å². The van der Waals surface area contributed by atoms with Gasteiger partial charge in [-0.3, -0.25) is 0 Å². The highest BCUT2D eigenvalue weighted by Gasteiger charge is 1.99. The Morgan fingerprint density at radius 3 is 2.59 bits per heavy atom. The van der Waals surface area contributed by atoms with E-state index in [2.05, 4.69) is 21.2 Å². The van der Waals surface area contributed by atoms with Crippen molar-refractivity contribution < 1.29 is 0 Å². The second kappa shape index (κ2) is 5.76. The lowest BCUT2D eigenvalue weighted by Gasteiger charge is -2.07. The number of benzene rings is 2. The van der Waals surface area contributed by atoms with Crippen LogP contribution in [0.4, 0.5) is 5.69 Å². The average molecular weight is 331 g/mol. The van der Waals surface area contributed by atoms with E-state index in [9.17, 15) is 0 Å². The standard InChI is InChI=1S/C13H10BrCl2N/c14-12-5-4-9(6-13(12)16)8-17-11-3-1-2-10(15)7-11/h1-7,17H,8H2. The van der Waals surface area contributed by atoms with Crippen LogP contribution in [-0.2, 0) is 6.54 Å². The molecule has 4 heteroatoms. The largest absolute Gasteiger partial charge is 0.381 e. The highest BCUT2D eigenvalue weighted by Crippen LogP contribution is 2.24. The maximum absolute atomic E-state index is 6.03. The maximum Gasteiger partial charge on any atom is 0.0551 e. The average Bonchev–Trinajstić information content (AvgIpc) is 2.31. The molecule has 17 heavy (non-hydrogen) atoms. The Morgan fingerprint density at radius 2 is 1.88 bits per heavy atom. The molecule has 0 aliphatic carbocycles. The van der Waals surface area contributed by atoms with Crippen molar-refractivity contribution in [1.29, 1.82) is 0 Å². The number of nitrogens with one attached hydrogen (secondary N) is 1. The van der Waals surface area contributed by atoms with Crippen LogP contribution >= 0.6 is 39.1 Å². The van der Waals surface area contributed by atoms with E-state index < -0.39 is 0 Å². The summed E-state index contributed by atoms with van der Waals surface area (Å²) < 4.78 is 0.908. The second-order valence-corrected chi connectivity index (χ2v) is 5.31. The fraction of sp³-hybridized carbons (Fsp3) is 0.0769. The molecule has 0 atom stereocenters. The van der Waals surface area contributed by atoms with Gasteiger partial charge >= 0.3 is 0 Å². The van der Waals surface area contributed by atoms with Gasteiger partial charge < -0.3 is 5.32 Å². The van der Waals surface area contributed by atoms with Crippen LogP contribution in [0.15, 0.2) is 46.9 Å². The number of halogens is 3. The van der Waals surface area contributed by atoms with Gasteiger partial charge in [0.25, 0.3) is 0 Å². The van der Waals surface area contributed by atoms with E-state index in [4.69, 9.17) is 23.2 Å². The number of anilines is 1. The van der Waals surface area contributed by atoms with E-state index in [0.29, 0.717) is 6.54 Å². The molecule has 0 aliphatic heterocycles. The Labute approximate surface area is 119 Å². The molecular formula is C13H10BrCl2N. The van der Waals surface area contributed by atoms with Gasteiger partial charge in [-0.05, 0) is 51.8 Å². The van der Waals surface area contributed by atoms with Crippen molar-refractivity contribution in [1.82, 2.24) is 0 Å². The molecule has 0 unspecified atom stereocenters. The van der Waals surface area contributed by atoms with E-state index in [0.717, 1.165) is 25.8 Å². The molecule has 0 spiro atoms. The zero-order valence-electron chi connectivity index (χ0n) is 8.88. The second-order valence-electron chi connectivity index (χ2n) is 3.61. The lowest BCUT2D eigenvalue weighted by Crippen LogP contribution is -1.99. The topological polar surface area (TPSA) is 12.0 Å². The quantitative estimate of drug-likeness (QED) is 0.797. The molecule has 88 valence electrons. The van der Waals surface area contributed by atoms with Gasteiger partial charge in [0.05, 0.1) is 5.02 Å². The molecule has 0 amide bonds. The Morgan fingerprint density at radius 1 is 1.06 bits per heavy atom. The lowest BCUT2D eigenvalue weighted by atomic mass is 10.2. The van der Waals surface area contributed by atoms with E-state index >= 15 is 0 Å². The number of hydrogen-bond acceptors (Lipinski definition) is 1. The molecule has 0 saturated carbocycles. The summed E-state index contributed by atoms with van der Waals surface area (Å²) in [5.41, 5.74) is 2.12. The zero-order valence-corrected chi connectivity index (χ0v) is 12.0. The third kappa shape index (κ3) is 3.63. The van der Waals surface area contributed by atoms with Crippen LogP contribution in [0, 0.1) is 0 Å². The highest BCUT2D eigenvalue weighted by atomic mass is 79.9. The third-order valence-corrected chi connectivity index (χ3v) is 3.77. The Hall–Kier alpha value is -0.700. The van der Waals surface area contributed by atoms with Crippen LogP contribution in [0.5, 0.6) is 0 Å². The third-order valence-electron chi connectivity index (χ3n) is 2.31. The molecule has 0 saturated heterocycles. The molecule has 0 aromatic heterocycles. The lowest BCUT2D eigenvalue weighted by molar-refractivity contribution is 1.15. The van der Waals surface area contributed by atoms with Crippen molar-refractivity contribution >= 4 is 44.8 Å². The number of rotatable bonds is 3. The van der Waals surface area contributed by atoms with E-state index in [1.165, 1.54) is 0 Å². The Balaban J connectivity index is 2.05. The summed E-state index contributed by atoms with van der Waals surface area (Å²) in [6.07, 6.45) is 0. The van der Waals surface area contributed by atoms with Crippen LogP contribution in [0.2, 0.25) is 10.0 Å². The van der Waals surface area contributed by atoms with Gasteiger partial charge in [0.1, 0.15) is 0 Å². The van der Waals surface area contributed by atoms with Crippen molar-refractivity contribution in [3.63, 3.8) is 0 Å². The van der Waals surface area contributed by atoms with Gasteiger partial charge in [0.15, 0.2) is 0 Å². The summed E-state index contributed by atoms with van der Waals surface area (Å²) in [6.45, 7) is 0.716. The monoisotopic (exact) mass is 329 g/mol. The molecule has 1 nitrogen and oxygen atoms in total. The minimum Gasteiger partial charge on any atom is -0.381 e. The highest BCUT2D eigenvalue weighted by molar-refractivity contribution is 9.10. The molecule has 2 rings (SSSR count). The fourth-order valence-electron chi connectivity index (χ4n) is 1.45. The summed E-state index contributed by atoms with van der Waals surface area (Å²) in [4.78, 5) is 0. The van der Waals surface area contributed by atoms with Gasteiger partial charge in [-0.1, -0.05) is 35.3 Å². The molecule has 0 fully saturated rings. The molecule has 0 heterocycles. The SMILES string of the molecule is Clc1cccc(NCc2ccc(Br)c(Cl)c2)c1. The first-order valence-corrected chi connectivity index (χ1v) is 6.63. The first kappa shape index (κ1) is 12.7. The van der Waals surface area contributed by atoms with Crippen LogP contribution in [-0.4, -0.2) is 0 Å². The van der Waals surface area contributed by atoms with Crippen molar-refractivity contribution in [3.8, 4) is 0 Å². The maximum atomic E-state index is 6.03. The van der Waals surface area contributed by atoms with Crippen molar-refractivity contribution in [2.24, 2.45) is 0 Å². The van der Waals surface area contributed by atoms with E-state index in [-0.39, 0.29) is 0 Å². The number of hydrogen-bond donors (Lipinski definition) is 1. The molecule has 1 N–H and O–H groups in total. The summed E-state index contributed by atoms with van der Waals surface area (Å²) in [6, 6.07) is 13.5. The van der Waals surface area contributed by atoms with Gasteiger partial charge in [-0.25, -0.2) is 0 Å². The zero-order chi connectivity index (χ0) is 12.3. The van der Waals surface area contributed by atoms with Crippen LogP contribution in [0.25, 0.3) is 0 Å². The predicted octanol–water partition coefficient (Wildman–Crippen LogP) is 5.37. The first-order chi connectivity index (χ1) is 8.15. The van der Waals surface area contributed by atoms with E-state index in [1.807, 2.05) is 42.5 Å². The Bertz CT molecular complexity index is 529. The van der Waals surface area contributed by atoms with Crippen molar-refractivity contribution in [2.45, 2.75) is 6.54 Å². The molecule has 2 aromatic carbocycles. The predicted molar refractivity (Wildman–Crippen MR) is 77.9 cm³/mol. The normalized spacial score (nSPS) is 10.3. The van der Waals surface area contributed by atoms with Crippen LogP contribution in [0.1, 0.15) is 5.56 Å². The summed E-state index contributed by atoms with van der Waals surface area (Å²) >= 11 is 15.3. The van der Waals surface area contributed by atoms with Gasteiger partial charge in [-0.2, -0.15) is 0 Å². The molecule has 2 aromatic rings. The molecule has 0 bridgehead atoms. The van der Waals surface area contributed by atoms with Gasteiger partial charge in [0, 0.05) is 21.7 Å². The minimum absolute atomic E-state index is 0.716. The van der Waals surface area contributed by atoms with Gasteiger partial charge in [0.2, 0.25) is 0 Å². The summed E-state index contributed by atoms with van der Waals surface area (Å²) in [5.74, 6) is 0. The smallest absolute Gasteiger partial charge is 0.0551 e. The molecule has 0 radical (unpaired) electrons. The fourth-order valence-corrected chi connectivity index (χ4v) is 2.09. The first-order valence-electron chi connectivity index (χ1n) is 5.08.